The molecule has 8 nitrogen and oxygen atoms in total. The van der Waals surface area contributed by atoms with Crippen molar-refractivity contribution in [1.82, 2.24) is 10.2 Å². The highest BCUT2D eigenvalue weighted by molar-refractivity contribution is 7.92. The van der Waals surface area contributed by atoms with Crippen LogP contribution in [-0.4, -0.2) is 50.9 Å². The van der Waals surface area contributed by atoms with Crippen LogP contribution in [0.3, 0.4) is 0 Å². The Morgan fingerprint density at radius 3 is 2.21 bits per heavy atom. The van der Waals surface area contributed by atoms with E-state index in [1.807, 2.05) is 26.8 Å². The minimum atomic E-state index is -4.14. The van der Waals surface area contributed by atoms with Crippen molar-refractivity contribution in [3.8, 4) is 5.75 Å². The molecule has 208 valence electrons. The lowest BCUT2D eigenvalue weighted by molar-refractivity contribution is -0.139. The number of nitrogens with one attached hydrogen (secondary N) is 1. The van der Waals surface area contributed by atoms with Crippen molar-refractivity contribution in [3.05, 3.63) is 88.9 Å². The molecule has 39 heavy (non-hydrogen) atoms. The van der Waals surface area contributed by atoms with Crippen molar-refractivity contribution in [3.63, 3.8) is 0 Å². The summed E-state index contributed by atoms with van der Waals surface area (Å²) in [7, 11) is -2.60. The van der Waals surface area contributed by atoms with E-state index in [0.717, 1.165) is 15.4 Å². The number of amides is 2. The molecule has 0 bridgehead atoms. The largest absolute Gasteiger partial charge is 0.497 e. The lowest BCUT2D eigenvalue weighted by atomic mass is 10.1. The highest BCUT2D eigenvalue weighted by atomic mass is 35.5. The van der Waals surface area contributed by atoms with E-state index in [2.05, 4.69) is 5.32 Å². The fourth-order valence-electron chi connectivity index (χ4n) is 3.93. The third-order valence-corrected chi connectivity index (χ3v) is 8.13. The standard InChI is InChI=1S/C29H34ClN3O5S/c1-20(2)31-29(35)22(4)32(18-23-7-6-8-26(17-23)38-5)28(34)19-33(25-13-11-24(30)12-14-25)39(36,37)27-15-9-21(3)10-16-27/h6-17,20,22H,18-19H2,1-5H3,(H,31,35)/t22-/m1/s1. The Morgan fingerprint density at radius 2 is 1.62 bits per heavy atom. The van der Waals surface area contributed by atoms with Crippen molar-refractivity contribution in [2.75, 3.05) is 18.0 Å². The van der Waals surface area contributed by atoms with Crippen molar-refractivity contribution < 1.29 is 22.7 Å². The highest BCUT2D eigenvalue weighted by Crippen LogP contribution is 2.26. The summed E-state index contributed by atoms with van der Waals surface area (Å²) < 4.78 is 34.0. The number of hydrogen-bond acceptors (Lipinski definition) is 5. The van der Waals surface area contributed by atoms with Gasteiger partial charge in [0.25, 0.3) is 10.0 Å². The molecule has 3 rings (SSSR count). The minimum Gasteiger partial charge on any atom is -0.497 e. The Morgan fingerprint density at radius 1 is 0.974 bits per heavy atom. The van der Waals surface area contributed by atoms with Gasteiger partial charge < -0.3 is 15.0 Å². The van der Waals surface area contributed by atoms with Crippen LogP contribution in [0, 0.1) is 6.92 Å². The Balaban J connectivity index is 2.03. The van der Waals surface area contributed by atoms with Crippen LogP contribution in [0.25, 0.3) is 0 Å². The average Bonchev–Trinajstić information content (AvgIpc) is 2.90. The zero-order valence-electron chi connectivity index (χ0n) is 22.7. The first-order chi connectivity index (χ1) is 18.4. The second-order valence-corrected chi connectivity index (χ2v) is 11.8. The van der Waals surface area contributed by atoms with Crippen LogP contribution < -0.4 is 14.4 Å². The third kappa shape index (κ3) is 7.74. The van der Waals surface area contributed by atoms with Crippen LogP contribution in [0.1, 0.15) is 31.9 Å². The fraction of sp³-hybridized carbons (Fsp3) is 0.310. The number of rotatable bonds is 11. The molecule has 0 saturated carbocycles. The van der Waals surface area contributed by atoms with Gasteiger partial charge in [0, 0.05) is 17.6 Å². The van der Waals surface area contributed by atoms with Crippen LogP contribution in [0.15, 0.2) is 77.7 Å². The molecule has 10 heteroatoms. The summed E-state index contributed by atoms with van der Waals surface area (Å²) in [6, 6.07) is 18.8. The molecule has 0 aromatic heterocycles. The average molecular weight is 572 g/mol. The van der Waals surface area contributed by atoms with E-state index >= 15 is 0 Å². The van der Waals surface area contributed by atoms with Gasteiger partial charge in [-0.1, -0.05) is 41.4 Å². The number of carbonyl (C=O) groups is 2. The molecule has 0 aliphatic carbocycles. The number of benzene rings is 3. The van der Waals surface area contributed by atoms with Crippen molar-refractivity contribution in [1.29, 1.82) is 0 Å². The molecular weight excluding hydrogens is 538 g/mol. The predicted octanol–water partition coefficient (Wildman–Crippen LogP) is 4.79. The molecule has 0 fully saturated rings. The van der Waals surface area contributed by atoms with E-state index in [-0.39, 0.29) is 29.1 Å². The van der Waals surface area contributed by atoms with Gasteiger partial charge in [0.15, 0.2) is 0 Å². The van der Waals surface area contributed by atoms with Gasteiger partial charge in [-0.15, -0.1) is 0 Å². The smallest absolute Gasteiger partial charge is 0.264 e. The quantitative estimate of drug-likeness (QED) is 0.357. The maximum atomic E-state index is 13.9. The molecule has 0 unspecified atom stereocenters. The Labute approximate surface area is 235 Å². The molecule has 0 aliphatic rings. The van der Waals surface area contributed by atoms with Crippen molar-refractivity contribution in [2.45, 2.75) is 51.2 Å². The van der Waals surface area contributed by atoms with Crippen LogP contribution in [-0.2, 0) is 26.2 Å². The fourth-order valence-corrected chi connectivity index (χ4v) is 5.47. The number of sulfonamides is 1. The van der Waals surface area contributed by atoms with E-state index in [0.29, 0.717) is 10.8 Å². The normalized spacial score (nSPS) is 12.1. The van der Waals surface area contributed by atoms with E-state index in [9.17, 15) is 18.0 Å². The van der Waals surface area contributed by atoms with Crippen molar-refractivity contribution >= 4 is 39.1 Å². The van der Waals surface area contributed by atoms with Gasteiger partial charge in [0.05, 0.1) is 17.7 Å². The van der Waals surface area contributed by atoms with Gasteiger partial charge in [-0.3, -0.25) is 13.9 Å². The third-order valence-electron chi connectivity index (χ3n) is 6.09. The summed E-state index contributed by atoms with van der Waals surface area (Å²) in [5, 5.41) is 3.26. The first-order valence-corrected chi connectivity index (χ1v) is 14.3. The van der Waals surface area contributed by atoms with Crippen LogP contribution in [0.4, 0.5) is 5.69 Å². The molecule has 1 atom stereocenters. The van der Waals surface area contributed by atoms with E-state index in [4.69, 9.17) is 16.3 Å². The zero-order valence-corrected chi connectivity index (χ0v) is 24.3. The van der Waals surface area contributed by atoms with Crippen LogP contribution >= 0.6 is 11.6 Å². The molecule has 0 radical (unpaired) electrons. The van der Waals surface area contributed by atoms with Gasteiger partial charge >= 0.3 is 0 Å². The SMILES string of the molecule is COc1cccc(CN(C(=O)CN(c2ccc(Cl)cc2)S(=O)(=O)c2ccc(C)cc2)[C@H](C)C(=O)NC(C)C)c1. The number of nitrogens with zero attached hydrogens (tertiary/aromatic N) is 2. The van der Waals surface area contributed by atoms with Gasteiger partial charge in [0.1, 0.15) is 18.3 Å². The Kier molecular flexibility index (Phi) is 9.99. The summed E-state index contributed by atoms with van der Waals surface area (Å²) in [6.07, 6.45) is 0. The summed E-state index contributed by atoms with van der Waals surface area (Å²) >= 11 is 6.06. The second-order valence-electron chi connectivity index (χ2n) is 9.51. The summed E-state index contributed by atoms with van der Waals surface area (Å²) in [5.74, 6) is -0.292. The number of halogens is 1. The molecule has 3 aromatic rings. The monoisotopic (exact) mass is 571 g/mol. The second kappa shape index (κ2) is 13.0. The molecule has 0 spiro atoms. The minimum absolute atomic E-state index is 0.0424. The molecule has 3 aromatic carbocycles. The maximum Gasteiger partial charge on any atom is 0.264 e. The summed E-state index contributed by atoms with van der Waals surface area (Å²) in [6.45, 7) is 6.68. The Bertz CT molecular complexity index is 1390. The van der Waals surface area contributed by atoms with E-state index in [1.165, 1.54) is 17.0 Å². The molecule has 1 N–H and O–H groups in total. The van der Waals surface area contributed by atoms with Crippen molar-refractivity contribution in [2.24, 2.45) is 0 Å². The van der Waals surface area contributed by atoms with Gasteiger partial charge in [-0.05, 0) is 81.8 Å². The van der Waals surface area contributed by atoms with E-state index in [1.54, 1.807) is 68.6 Å². The maximum absolute atomic E-state index is 13.9. The van der Waals surface area contributed by atoms with Crippen LogP contribution in [0.2, 0.25) is 5.02 Å². The number of methoxy groups -OCH3 is 1. The number of anilines is 1. The topological polar surface area (TPSA) is 96.0 Å². The highest BCUT2D eigenvalue weighted by Gasteiger charge is 2.32. The number of ether oxygens (including phenoxy) is 1. The number of aryl methyl sites for hydroxylation is 1. The van der Waals surface area contributed by atoms with E-state index < -0.39 is 28.5 Å². The zero-order chi connectivity index (χ0) is 28.7. The lowest BCUT2D eigenvalue weighted by Gasteiger charge is -2.32. The van der Waals surface area contributed by atoms with Gasteiger partial charge in [-0.2, -0.15) is 0 Å². The molecule has 2 amide bonds. The van der Waals surface area contributed by atoms with Gasteiger partial charge in [0.2, 0.25) is 11.8 Å². The lowest BCUT2D eigenvalue weighted by Crippen LogP contribution is -2.52. The summed E-state index contributed by atoms with van der Waals surface area (Å²) in [5.41, 5.74) is 1.90. The number of carbonyl (C=O) groups excluding carboxylic acids is 2. The Hall–Kier alpha value is -3.56. The number of hydrogen-bond donors (Lipinski definition) is 1. The van der Waals surface area contributed by atoms with Crippen LogP contribution in [0.5, 0.6) is 5.75 Å². The molecule has 0 saturated heterocycles. The predicted molar refractivity (Wildman–Crippen MR) is 153 cm³/mol. The first-order valence-electron chi connectivity index (χ1n) is 12.5. The van der Waals surface area contributed by atoms with Gasteiger partial charge in [-0.25, -0.2) is 8.42 Å². The first kappa shape index (κ1) is 30.0. The molecule has 0 heterocycles. The molecule has 0 aliphatic heterocycles. The summed E-state index contributed by atoms with van der Waals surface area (Å²) in [4.78, 5) is 28.3. The molecular formula is C29H34ClN3O5S.